The second-order valence-electron chi connectivity index (χ2n) is 7.55. The van der Waals surface area contributed by atoms with E-state index in [-0.39, 0.29) is 23.5 Å². The van der Waals surface area contributed by atoms with Gasteiger partial charge in [-0.1, -0.05) is 24.3 Å². The van der Waals surface area contributed by atoms with Gasteiger partial charge in [0.2, 0.25) is 5.91 Å². The summed E-state index contributed by atoms with van der Waals surface area (Å²) in [5, 5.41) is 8.50. The van der Waals surface area contributed by atoms with Crippen LogP contribution in [0.2, 0.25) is 0 Å². The molecule has 0 atom stereocenters. The minimum atomic E-state index is -0.322. The predicted octanol–water partition coefficient (Wildman–Crippen LogP) is 3.75. The Hall–Kier alpha value is -4.13. The standard InChI is InChI=1S/C25H23N3O4/c29-23(14-7-17-3-8-19(9-4-17)24(30)27-21-12-13-21)26-16-18-5-10-20(11-6-18)28-25(31)22-2-1-15-32-22/h1-11,14-15,21H,12-13,16H2,(H,26,29)(H,27,30)(H,28,31)/b14-7+. The number of rotatable bonds is 8. The third kappa shape index (κ3) is 5.95. The lowest BCUT2D eigenvalue weighted by Gasteiger charge is -2.06. The van der Waals surface area contributed by atoms with Crippen molar-refractivity contribution in [1.82, 2.24) is 10.6 Å². The Labute approximate surface area is 185 Å². The number of hydrogen-bond acceptors (Lipinski definition) is 4. The van der Waals surface area contributed by atoms with Crippen molar-refractivity contribution in [3.63, 3.8) is 0 Å². The van der Waals surface area contributed by atoms with E-state index in [0.29, 0.717) is 23.8 Å². The molecule has 0 spiro atoms. The largest absolute Gasteiger partial charge is 0.459 e. The van der Waals surface area contributed by atoms with E-state index in [1.54, 1.807) is 54.6 Å². The number of nitrogens with one attached hydrogen (secondary N) is 3. The Morgan fingerprint density at radius 2 is 1.69 bits per heavy atom. The fraction of sp³-hybridized carbons (Fsp3) is 0.160. The molecule has 3 amide bonds. The Balaban J connectivity index is 1.23. The molecule has 0 unspecified atom stereocenters. The van der Waals surface area contributed by atoms with Gasteiger partial charge in [0.1, 0.15) is 0 Å². The van der Waals surface area contributed by atoms with Crippen LogP contribution >= 0.6 is 0 Å². The molecular formula is C25H23N3O4. The highest BCUT2D eigenvalue weighted by Gasteiger charge is 2.23. The van der Waals surface area contributed by atoms with Gasteiger partial charge in [0.15, 0.2) is 5.76 Å². The number of carbonyl (C=O) groups is 3. The van der Waals surface area contributed by atoms with Crippen molar-refractivity contribution >= 4 is 29.5 Å². The zero-order chi connectivity index (χ0) is 22.3. The highest BCUT2D eigenvalue weighted by molar-refractivity contribution is 6.02. The molecule has 162 valence electrons. The Morgan fingerprint density at radius 3 is 2.34 bits per heavy atom. The SMILES string of the molecule is O=C(/C=C/c1ccc(C(=O)NC2CC2)cc1)NCc1ccc(NC(=O)c2ccco2)cc1. The molecule has 32 heavy (non-hydrogen) atoms. The molecule has 3 aromatic rings. The third-order valence-corrected chi connectivity index (χ3v) is 4.94. The van der Waals surface area contributed by atoms with Crippen molar-refractivity contribution in [2.45, 2.75) is 25.4 Å². The summed E-state index contributed by atoms with van der Waals surface area (Å²) in [5.74, 6) is -0.370. The topological polar surface area (TPSA) is 100 Å². The van der Waals surface area contributed by atoms with Gasteiger partial charge in [-0.3, -0.25) is 14.4 Å². The number of carbonyl (C=O) groups excluding carboxylic acids is 3. The molecule has 0 radical (unpaired) electrons. The summed E-state index contributed by atoms with van der Waals surface area (Å²) in [7, 11) is 0. The van der Waals surface area contributed by atoms with Gasteiger partial charge in [0.05, 0.1) is 6.26 Å². The Kier molecular flexibility index (Phi) is 6.46. The fourth-order valence-electron chi connectivity index (χ4n) is 2.97. The molecule has 1 saturated carbocycles. The molecule has 1 aliphatic rings. The molecular weight excluding hydrogens is 406 g/mol. The molecule has 0 aliphatic heterocycles. The van der Waals surface area contributed by atoms with Crippen LogP contribution in [0.5, 0.6) is 0 Å². The van der Waals surface area contributed by atoms with Gasteiger partial charge in [-0.05, 0) is 66.4 Å². The molecule has 7 nitrogen and oxygen atoms in total. The second kappa shape index (κ2) is 9.78. The summed E-state index contributed by atoms with van der Waals surface area (Å²) in [4.78, 5) is 36.1. The van der Waals surface area contributed by atoms with E-state index < -0.39 is 0 Å². The van der Waals surface area contributed by atoms with Gasteiger partial charge in [-0.2, -0.15) is 0 Å². The maximum Gasteiger partial charge on any atom is 0.291 e. The second-order valence-corrected chi connectivity index (χ2v) is 7.55. The average Bonchev–Trinajstić information content (AvgIpc) is 3.44. The summed E-state index contributed by atoms with van der Waals surface area (Å²) < 4.78 is 5.06. The lowest BCUT2D eigenvalue weighted by Crippen LogP contribution is -2.25. The van der Waals surface area contributed by atoms with Gasteiger partial charge in [-0.25, -0.2) is 0 Å². The number of benzene rings is 2. The summed E-state index contributed by atoms with van der Waals surface area (Å²) >= 11 is 0. The lowest BCUT2D eigenvalue weighted by atomic mass is 10.1. The van der Waals surface area contributed by atoms with Gasteiger partial charge in [-0.15, -0.1) is 0 Å². The molecule has 7 heteroatoms. The number of hydrogen-bond donors (Lipinski definition) is 3. The highest BCUT2D eigenvalue weighted by Crippen LogP contribution is 2.19. The molecule has 0 bridgehead atoms. The molecule has 1 heterocycles. The van der Waals surface area contributed by atoms with Gasteiger partial charge in [0.25, 0.3) is 11.8 Å². The van der Waals surface area contributed by atoms with E-state index in [4.69, 9.17) is 4.42 Å². The quantitative estimate of drug-likeness (QED) is 0.475. The van der Waals surface area contributed by atoms with Crippen LogP contribution in [0.4, 0.5) is 5.69 Å². The van der Waals surface area contributed by atoms with Crippen LogP contribution in [0.1, 0.15) is 44.9 Å². The number of anilines is 1. The molecule has 0 saturated heterocycles. The Morgan fingerprint density at radius 1 is 0.938 bits per heavy atom. The van der Waals surface area contributed by atoms with Gasteiger partial charge in [0, 0.05) is 29.9 Å². The molecule has 1 aliphatic carbocycles. The molecule has 2 aromatic carbocycles. The summed E-state index contributed by atoms with van der Waals surface area (Å²) in [6.45, 7) is 0.357. The van der Waals surface area contributed by atoms with Crippen LogP contribution < -0.4 is 16.0 Å². The van der Waals surface area contributed by atoms with Crippen molar-refractivity contribution in [2.75, 3.05) is 5.32 Å². The van der Waals surface area contributed by atoms with Gasteiger partial charge >= 0.3 is 0 Å². The van der Waals surface area contributed by atoms with Crippen molar-refractivity contribution in [1.29, 1.82) is 0 Å². The monoisotopic (exact) mass is 429 g/mol. The van der Waals surface area contributed by atoms with Crippen molar-refractivity contribution in [3.05, 3.63) is 95.5 Å². The van der Waals surface area contributed by atoms with Crippen LogP contribution in [0.3, 0.4) is 0 Å². The first-order valence-electron chi connectivity index (χ1n) is 10.4. The third-order valence-electron chi connectivity index (χ3n) is 4.94. The van der Waals surface area contributed by atoms with Gasteiger partial charge < -0.3 is 20.4 Å². The van der Waals surface area contributed by atoms with Crippen LogP contribution in [0.25, 0.3) is 6.08 Å². The van der Waals surface area contributed by atoms with E-state index in [2.05, 4.69) is 16.0 Å². The summed E-state index contributed by atoms with van der Waals surface area (Å²) in [6.07, 6.45) is 6.70. The van der Waals surface area contributed by atoms with E-state index in [0.717, 1.165) is 24.0 Å². The molecule has 4 rings (SSSR count). The smallest absolute Gasteiger partial charge is 0.291 e. The molecule has 1 aromatic heterocycles. The maximum atomic E-state index is 12.1. The van der Waals surface area contributed by atoms with Crippen molar-refractivity contribution in [2.24, 2.45) is 0 Å². The van der Waals surface area contributed by atoms with Crippen molar-refractivity contribution < 1.29 is 18.8 Å². The van der Waals surface area contributed by atoms with E-state index in [9.17, 15) is 14.4 Å². The zero-order valence-electron chi connectivity index (χ0n) is 17.3. The minimum absolute atomic E-state index is 0.0627. The minimum Gasteiger partial charge on any atom is -0.459 e. The summed E-state index contributed by atoms with van der Waals surface area (Å²) in [6, 6.07) is 17.9. The zero-order valence-corrected chi connectivity index (χ0v) is 17.3. The fourth-order valence-corrected chi connectivity index (χ4v) is 2.97. The predicted molar refractivity (Wildman–Crippen MR) is 121 cm³/mol. The lowest BCUT2D eigenvalue weighted by molar-refractivity contribution is -0.116. The normalized spacial score (nSPS) is 13.0. The molecule has 1 fully saturated rings. The Bertz CT molecular complexity index is 1110. The van der Waals surface area contributed by atoms with Crippen LogP contribution in [0, 0.1) is 0 Å². The number of amides is 3. The maximum absolute atomic E-state index is 12.1. The van der Waals surface area contributed by atoms with Crippen molar-refractivity contribution in [3.8, 4) is 0 Å². The first-order chi connectivity index (χ1) is 15.6. The average molecular weight is 429 g/mol. The molecule has 3 N–H and O–H groups in total. The van der Waals surface area contributed by atoms with E-state index in [1.165, 1.54) is 12.3 Å². The highest BCUT2D eigenvalue weighted by atomic mass is 16.3. The van der Waals surface area contributed by atoms with Crippen LogP contribution in [-0.2, 0) is 11.3 Å². The van der Waals surface area contributed by atoms with Crippen LogP contribution in [0.15, 0.2) is 77.4 Å². The van der Waals surface area contributed by atoms with E-state index >= 15 is 0 Å². The number of furan rings is 1. The first-order valence-corrected chi connectivity index (χ1v) is 10.4. The van der Waals surface area contributed by atoms with Crippen LogP contribution in [-0.4, -0.2) is 23.8 Å². The summed E-state index contributed by atoms with van der Waals surface area (Å²) in [5.41, 5.74) is 2.98. The van der Waals surface area contributed by atoms with E-state index in [1.807, 2.05) is 12.1 Å². The first kappa shape index (κ1) is 21.1.